The van der Waals surface area contributed by atoms with Crippen LogP contribution in [0.1, 0.15) is 29.6 Å². The van der Waals surface area contributed by atoms with Gasteiger partial charge in [-0.3, -0.25) is 4.79 Å². The molecule has 6 heteroatoms. The minimum Gasteiger partial charge on any atom is -0.467 e. The standard InChI is InChI=1S/C15H17F2NO3/c1-3-4-5-9-12(15(20)21-2)18-14(19)10-7-6-8-11(16)13(10)17/h3,6-8,12H,1,4-5,9H2,2H3,(H,18,19)/t12-/m1/s1. The van der Waals surface area contributed by atoms with Crippen LogP contribution in [0.4, 0.5) is 8.78 Å². The van der Waals surface area contributed by atoms with Gasteiger partial charge in [-0.15, -0.1) is 6.58 Å². The van der Waals surface area contributed by atoms with E-state index >= 15 is 0 Å². The topological polar surface area (TPSA) is 55.4 Å². The van der Waals surface area contributed by atoms with E-state index in [-0.39, 0.29) is 0 Å². The third-order valence-corrected chi connectivity index (χ3v) is 2.89. The Balaban J connectivity index is 2.82. The Kier molecular flexibility index (Phi) is 6.52. The fourth-order valence-corrected chi connectivity index (χ4v) is 1.77. The molecule has 1 aromatic rings. The van der Waals surface area contributed by atoms with Gasteiger partial charge in [0.05, 0.1) is 12.7 Å². The molecule has 114 valence electrons. The largest absolute Gasteiger partial charge is 0.467 e. The number of esters is 1. The van der Waals surface area contributed by atoms with E-state index < -0.39 is 35.1 Å². The van der Waals surface area contributed by atoms with Crippen LogP contribution in [0.5, 0.6) is 0 Å². The van der Waals surface area contributed by atoms with E-state index in [4.69, 9.17) is 0 Å². The summed E-state index contributed by atoms with van der Waals surface area (Å²) >= 11 is 0. The molecule has 0 radical (unpaired) electrons. The van der Waals surface area contributed by atoms with Crippen molar-refractivity contribution < 1.29 is 23.1 Å². The van der Waals surface area contributed by atoms with Gasteiger partial charge in [0.15, 0.2) is 11.6 Å². The number of hydrogen-bond acceptors (Lipinski definition) is 3. The number of amides is 1. The normalized spacial score (nSPS) is 11.6. The molecule has 1 rings (SSSR count). The average Bonchev–Trinajstić information content (AvgIpc) is 2.48. The van der Waals surface area contributed by atoms with Crippen molar-refractivity contribution in [1.82, 2.24) is 5.32 Å². The number of benzene rings is 1. The van der Waals surface area contributed by atoms with Crippen molar-refractivity contribution in [3.63, 3.8) is 0 Å². The molecule has 0 bridgehead atoms. The maximum Gasteiger partial charge on any atom is 0.328 e. The number of rotatable bonds is 7. The summed E-state index contributed by atoms with van der Waals surface area (Å²) in [5, 5.41) is 2.36. The number of carbonyl (C=O) groups excluding carboxylic acids is 2. The lowest BCUT2D eigenvalue weighted by molar-refractivity contribution is -0.143. The number of hydrogen-bond donors (Lipinski definition) is 1. The summed E-state index contributed by atoms with van der Waals surface area (Å²) in [6, 6.07) is 2.36. The van der Waals surface area contributed by atoms with Crippen molar-refractivity contribution in [2.75, 3.05) is 7.11 Å². The fourth-order valence-electron chi connectivity index (χ4n) is 1.77. The maximum atomic E-state index is 13.5. The molecule has 21 heavy (non-hydrogen) atoms. The highest BCUT2D eigenvalue weighted by atomic mass is 19.2. The summed E-state index contributed by atoms with van der Waals surface area (Å²) in [4.78, 5) is 23.5. The van der Waals surface area contributed by atoms with E-state index in [1.807, 2.05) is 0 Å². The number of carbonyl (C=O) groups is 2. The summed E-state index contributed by atoms with van der Waals surface area (Å²) in [6.07, 6.45) is 3.27. The highest BCUT2D eigenvalue weighted by Crippen LogP contribution is 2.12. The van der Waals surface area contributed by atoms with Crippen LogP contribution in [-0.4, -0.2) is 25.0 Å². The molecule has 1 amide bonds. The molecule has 1 atom stereocenters. The first-order chi connectivity index (χ1) is 10.0. The van der Waals surface area contributed by atoms with Crippen LogP contribution in [0.2, 0.25) is 0 Å². The van der Waals surface area contributed by atoms with Gasteiger partial charge in [0, 0.05) is 0 Å². The highest BCUT2D eigenvalue weighted by molar-refractivity contribution is 5.97. The van der Waals surface area contributed by atoms with Crippen molar-refractivity contribution in [1.29, 1.82) is 0 Å². The summed E-state index contributed by atoms with van der Waals surface area (Å²) in [7, 11) is 1.19. The first-order valence-corrected chi connectivity index (χ1v) is 6.44. The van der Waals surface area contributed by atoms with E-state index in [1.54, 1.807) is 6.08 Å². The van der Waals surface area contributed by atoms with Gasteiger partial charge in [-0.1, -0.05) is 12.1 Å². The number of allylic oxidation sites excluding steroid dienone is 1. The van der Waals surface area contributed by atoms with E-state index in [9.17, 15) is 18.4 Å². The first-order valence-electron chi connectivity index (χ1n) is 6.44. The monoisotopic (exact) mass is 297 g/mol. The molecular weight excluding hydrogens is 280 g/mol. The van der Waals surface area contributed by atoms with Gasteiger partial charge in [0.2, 0.25) is 0 Å². The van der Waals surface area contributed by atoms with E-state index in [0.29, 0.717) is 19.3 Å². The second-order valence-corrected chi connectivity index (χ2v) is 4.37. The van der Waals surface area contributed by atoms with Gasteiger partial charge < -0.3 is 10.1 Å². The second kappa shape index (κ2) is 8.14. The lowest BCUT2D eigenvalue weighted by atomic mass is 10.1. The zero-order chi connectivity index (χ0) is 15.8. The number of unbranched alkanes of at least 4 members (excludes halogenated alkanes) is 1. The summed E-state index contributed by atoms with van der Waals surface area (Å²) in [5.74, 6) is -3.86. The molecule has 0 heterocycles. The molecule has 1 aromatic carbocycles. The minimum atomic E-state index is -1.25. The fraction of sp³-hybridized carbons (Fsp3) is 0.333. The van der Waals surface area contributed by atoms with Crippen LogP contribution in [0.15, 0.2) is 30.9 Å². The van der Waals surface area contributed by atoms with Crippen molar-refractivity contribution >= 4 is 11.9 Å². The molecule has 0 unspecified atom stereocenters. The predicted octanol–water partition coefficient (Wildman–Crippen LogP) is 2.59. The molecule has 1 N–H and O–H groups in total. The van der Waals surface area contributed by atoms with E-state index in [2.05, 4.69) is 16.6 Å². The Bertz CT molecular complexity index is 532. The summed E-state index contributed by atoms with van der Waals surface area (Å²) < 4.78 is 31.2. The lowest BCUT2D eigenvalue weighted by Crippen LogP contribution is -2.41. The third-order valence-electron chi connectivity index (χ3n) is 2.89. The molecule has 4 nitrogen and oxygen atoms in total. The van der Waals surface area contributed by atoms with Crippen LogP contribution in [0, 0.1) is 11.6 Å². The van der Waals surface area contributed by atoms with Crippen LogP contribution in [-0.2, 0) is 9.53 Å². The van der Waals surface area contributed by atoms with Gasteiger partial charge in [-0.05, 0) is 31.4 Å². The van der Waals surface area contributed by atoms with E-state index in [0.717, 1.165) is 12.1 Å². The van der Waals surface area contributed by atoms with Crippen LogP contribution in [0.3, 0.4) is 0 Å². The first kappa shape index (κ1) is 16.8. The quantitative estimate of drug-likeness (QED) is 0.478. The van der Waals surface area contributed by atoms with Gasteiger partial charge in [-0.2, -0.15) is 0 Å². The Morgan fingerprint density at radius 2 is 2.14 bits per heavy atom. The van der Waals surface area contributed by atoms with Gasteiger partial charge in [0.1, 0.15) is 6.04 Å². The van der Waals surface area contributed by atoms with Crippen molar-refractivity contribution in [2.45, 2.75) is 25.3 Å². The molecule has 0 saturated heterocycles. The number of ether oxygens (including phenoxy) is 1. The van der Waals surface area contributed by atoms with Crippen molar-refractivity contribution in [2.24, 2.45) is 0 Å². The van der Waals surface area contributed by atoms with Crippen LogP contribution < -0.4 is 5.32 Å². The highest BCUT2D eigenvalue weighted by Gasteiger charge is 2.23. The third kappa shape index (κ3) is 4.66. The Morgan fingerprint density at radius 3 is 2.76 bits per heavy atom. The van der Waals surface area contributed by atoms with Crippen LogP contribution >= 0.6 is 0 Å². The maximum absolute atomic E-state index is 13.5. The molecule has 0 spiro atoms. The van der Waals surface area contributed by atoms with Gasteiger partial charge in [0.25, 0.3) is 5.91 Å². The molecule has 0 fully saturated rings. The summed E-state index contributed by atoms with van der Waals surface area (Å²) in [5.41, 5.74) is -0.451. The minimum absolute atomic E-state index is 0.321. The number of halogens is 2. The van der Waals surface area contributed by atoms with Crippen molar-refractivity contribution in [3.05, 3.63) is 48.1 Å². The molecule has 0 aliphatic carbocycles. The zero-order valence-electron chi connectivity index (χ0n) is 11.7. The van der Waals surface area contributed by atoms with Gasteiger partial charge in [-0.25, -0.2) is 13.6 Å². The Morgan fingerprint density at radius 1 is 1.43 bits per heavy atom. The molecule has 0 aromatic heterocycles. The van der Waals surface area contributed by atoms with Crippen molar-refractivity contribution in [3.8, 4) is 0 Å². The lowest BCUT2D eigenvalue weighted by Gasteiger charge is -2.16. The smallest absolute Gasteiger partial charge is 0.328 e. The molecular formula is C15H17F2NO3. The Hall–Kier alpha value is -2.24. The second-order valence-electron chi connectivity index (χ2n) is 4.37. The predicted molar refractivity (Wildman–Crippen MR) is 73.7 cm³/mol. The average molecular weight is 297 g/mol. The van der Waals surface area contributed by atoms with Crippen LogP contribution in [0.25, 0.3) is 0 Å². The Labute approximate surface area is 121 Å². The number of nitrogens with one attached hydrogen (secondary N) is 1. The van der Waals surface area contributed by atoms with E-state index in [1.165, 1.54) is 13.2 Å². The molecule has 0 aliphatic rings. The molecule has 0 saturated carbocycles. The van der Waals surface area contributed by atoms with Gasteiger partial charge >= 0.3 is 5.97 Å². The SMILES string of the molecule is C=CCCC[C@@H](NC(=O)c1cccc(F)c1F)C(=O)OC. The molecule has 0 aliphatic heterocycles. The summed E-state index contributed by atoms with van der Waals surface area (Å²) in [6.45, 7) is 3.56. The zero-order valence-corrected chi connectivity index (χ0v) is 11.7. The number of methoxy groups -OCH3 is 1.